The van der Waals surface area contributed by atoms with Gasteiger partial charge in [0.1, 0.15) is 5.75 Å². The zero-order chi connectivity index (χ0) is 15.2. The zero-order valence-electron chi connectivity index (χ0n) is 13.3. The molecule has 1 N–H and O–H groups in total. The van der Waals surface area contributed by atoms with E-state index in [1.54, 1.807) is 6.92 Å². The lowest BCUT2D eigenvalue weighted by Gasteiger charge is -2.19. The molecular formula is C17H26N2O2. The Hall–Kier alpha value is -1.55. The van der Waals surface area contributed by atoms with Gasteiger partial charge in [-0.2, -0.15) is 0 Å². The summed E-state index contributed by atoms with van der Waals surface area (Å²) in [6.45, 7) is 3.27. The standard InChI is InChI=1S/C17H26N2O2/c1-13(17(20)18-10-11-19(2)3)21-16-9-8-14-6-4-5-7-15(14)12-16/h8-9,12-13H,4-7,10-11H2,1-3H3,(H,18,20). The average Bonchev–Trinajstić information content (AvgIpc) is 2.46. The Kier molecular flexibility index (Phi) is 5.62. The third-order valence-electron chi connectivity index (χ3n) is 3.86. The molecule has 0 heterocycles. The second kappa shape index (κ2) is 7.46. The van der Waals surface area contributed by atoms with Crippen molar-refractivity contribution in [3.05, 3.63) is 29.3 Å². The summed E-state index contributed by atoms with van der Waals surface area (Å²) in [6.07, 6.45) is 4.34. The predicted octanol–water partition coefficient (Wildman–Crippen LogP) is 2.01. The molecule has 1 aliphatic carbocycles. The fraction of sp³-hybridized carbons (Fsp3) is 0.588. The van der Waals surface area contributed by atoms with Crippen molar-refractivity contribution in [2.75, 3.05) is 27.2 Å². The Morgan fingerprint density at radius 1 is 1.29 bits per heavy atom. The highest BCUT2D eigenvalue weighted by Crippen LogP contribution is 2.25. The molecule has 0 aliphatic heterocycles. The second-order valence-corrected chi connectivity index (χ2v) is 5.99. The lowest BCUT2D eigenvalue weighted by molar-refractivity contribution is -0.127. The van der Waals surface area contributed by atoms with E-state index in [1.165, 1.54) is 24.0 Å². The van der Waals surface area contributed by atoms with Crippen molar-refractivity contribution >= 4 is 5.91 Å². The van der Waals surface area contributed by atoms with Gasteiger partial charge in [-0.05, 0) is 70.0 Å². The van der Waals surface area contributed by atoms with Gasteiger partial charge in [-0.3, -0.25) is 4.79 Å². The van der Waals surface area contributed by atoms with Crippen LogP contribution >= 0.6 is 0 Å². The molecule has 1 atom stereocenters. The summed E-state index contributed by atoms with van der Waals surface area (Å²) in [6, 6.07) is 6.21. The fourth-order valence-corrected chi connectivity index (χ4v) is 2.59. The van der Waals surface area contributed by atoms with Gasteiger partial charge in [-0.25, -0.2) is 0 Å². The maximum atomic E-state index is 12.0. The average molecular weight is 290 g/mol. The van der Waals surface area contributed by atoms with Gasteiger partial charge in [0.05, 0.1) is 0 Å². The van der Waals surface area contributed by atoms with Gasteiger partial charge in [0.25, 0.3) is 5.91 Å². The number of fused-ring (bicyclic) bond motifs is 1. The largest absolute Gasteiger partial charge is 0.481 e. The van der Waals surface area contributed by atoms with E-state index in [2.05, 4.69) is 17.4 Å². The Labute approximate surface area is 127 Å². The van der Waals surface area contributed by atoms with Gasteiger partial charge in [-0.15, -0.1) is 0 Å². The van der Waals surface area contributed by atoms with E-state index >= 15 is 0 Å². The molecule has 4 heteroatoms. The minimum Gasteiger partial charge on any atom is -0.481 e. The molecule has 0 radical (unpaired) electrons. The molecule has 1 unspecified atom stereocenters. The van der Waals surface area contributed by atoms with Crippen molar-refractivity contribution in [1.82, 2.24) is 10.2 Å². The van der Waals surface area contributed by atoms with E-state index < -0.39 is 6.10 Å². The molecule has 1 amide bonds. The number of carbonyl (C=O) groups excluding carboxylic acids is 1. The molecular weight excluding hydrogens is 264 g/mol. The van der Waals surface area contributed by atoms with Gasteiger partial charge in [0.15, 0.2) is 6.10 Å². The van der Waals surface area contributed by atoms with Gasteiger partial charge in [-0.1, -0.05) is 6.07 Å². The van der Waals surface area contributed by atoms with Crippen LogP contribution in [0.15, 0.2) is 18.2 Å². The first-order valence-corrected chi connectivity index (χ1v) is 7.77. The molecule has 2 rings (SSSR count). The minimum atomic E-state index is -0.464. The summed E-state index contributed by atoms with van der Waals surface area (Å²) < 4.78 is 5.77. The van der Waals surface area contributed by atoms with E-state index in [-0.39, 0.29) is 5.91 Å². The van der Waals surface area contributed by atoms with Gasteiger partial charge < -0.3 is 15.0 Å². The number of aryl methyl sites for hydroxylation is 2. The lowest BCUT2D eigenvalue weighted by Crippen LogP contribution is -2.39. The quantitative estimate of drug-likeness (QED) is 0.871. The number of hydrogen-bond acceptors (Lipinski definition) is 3. The predicted molar refractivity (Wildman–Crippen MR) is 84.7 cm³/mol. The molecule has 21 heavy (non-hydrogen) atoms. The van der Waals surface area contributed by atoms with Crippen LogP contribution in [0, 0.1) is 0 Å². The third kappa shape index (κ3) is 4.74. The van der Waals surface area contributed by atoms with E-state index in [1.807, 2.05) is 25.1 Å². The highest BCUT2D eigenvalue weighted by Gasteiger charge is 2.16. The first kappa shape index (κ1) is 15.8. The summed E-state index contributed by atoms with van der Waals surface area (Å²) in [4.78, 5) is 14.0. The SMILES string of the molecule is CC(Oc1ccc2c(c1)CCCC2)C(=O)NCCN(C)C. The van der Waals surface area contributed by atoms with Crippen LogP contribution in [0.3, 0.4) is 0 Å². The second-order valence-electron chi connectivity index (χ2n) is 5.99. The topological polar surface area (TPSA) is 41.6 Å². The van der Waals surface area contributed by atoms with Crippen molar-refractivity contribution in [3.8, 4) is 5.75 Å². The Morgan fingerprint density at radius 3 is 2.71 bits per heavy atom. The third-order valence-corrected chi connectivity index (χ3v) is 3.86. The first-order chi connectivity index (χ1) is 10.1. The summed E-state index contributed by atoms with van der Waals surface area (Å²) >= 11 is 0. The van der Waals surface area contributed by atoms with Gasteiger partial charge in [0, 0.05) is 13.1 Å². The molecule has 4 nitrogen and oxygen atoms in total. The molecule has 0 bridgehead atoms. The molecule has 1 aromatic carbocycles. The van der Waals surface area contributed by atoms with Crippen molar-refractivity contribution in [1.29, 1.82) is 0 Å². The van der Waals surface area contributed by atoms with E-state index in [9.17, 15) is 4.79 Å². The number of rotatable bonds is 6. The van der Waals surface area contributed by atoms with E-state index in [4.69, 9.17) is 4.74 Å². The molecule has 1 aliphatic rings. The summed E-state index contributed by atoms with van der Waals surface area (Å²) in [5, 5.41) is 2.89. The smallest absolute Gasteiger partial charge is 0.260 e. The molecule has 0 spiro atoms. The van der Waals surface area contributed by atoms with Gasteiger partial charge in [0.2, 0.25) is 0 Å². The highest BCUT2D eigenvalue weighted by atomic mass is 16.5. The first-order valence-electron chi connectivity index (χ1n) is 7.77. The Balaban J connectivity index is 1.87. The van der Waals surface area contributed by atoms with Crippen LogP contribution in [0.25, 0.3) is 0 Å². The van der Waals surface area contributed by atoms with Crippen LogP contribution < -0.4 is 10.1 Å². The zero-order valence-corrected chi connectivity index (χ0v) is 13.3. The fourth-order valence-electron chi connectivity index (χ4n) is 2.59. The molecule has 0 saturated heterocycles. The molecule has 0 fully saturated rings. The van der Waals surface area contributed by atoms with Crippen LogP contribution in [-0.4, -0.2) is 44.1 Å². The monoisotopic (exact) mass is 290 g/mol. The number of nitrogens with one attached hydrogen (secondary N) is 1. The van der Waals surface area contributed by atoms with Crippen LogP contribution in [0.4, 0.5) is 0 Å². The van der Waals surface area contributed by atoms with E-state index in [0.29, 0.717) is 6.54 Å². The molecule has 116 valence electrons. The number of nitrogens with zero attached hydrogens (tertiary/aromatic N) is 1. The molecule has 0 saturated carbocycles. The lowest BCUT2D eigenvalue weighted by atomic mass is 9.92. The van der Waals surface area contributed by atoms with Crippen LogP contribution in [0.5, 0.6) is 5.75 Å². The number of amides is 1. The number of carbonyl (C=O) groups is 1. The number of likely N-dealkylation sites (N-methyl/N-ethyl adjacent to an activating group) is 1. The maximum absolute atomic E-state index is 12.0. The van der Waals surface area contributed by atoms with Crippen LogP contribution in [0.1, 0.15) is 30.9 Å². The van der Waals surface area contributed by atoms with Crippen LogP contribution in [-0.2, 0) is 17.6 Å². The Morgan fingerprint density at radius 2 is 2.00 bits per heavy atom. The minimum absolute atomic E-state index is 0.0606. The van der Waals surface area contributed by atoms with Crippen molar-refractivity contribution in [2.45, 2.75) is 38.7 Å². The highest BCUT2D eigenvalue weighted by molar-refractivity contribution is 5.80. The van der Waals surface area contributed by atoms with E-state index in [0.717, 1.165) is 25.1 Å². The van der Waals surface area contributed by atoms with Gasteiger partial charge >= 0.3 is 0 Å². The summed E-state index contributed by atoms with van der Waals surface area (Å²) in [5.41, 5.74) is 2.80. The summed E-state index contributed by atoms with van der Waals surface area (Å²) in [7, 11) is 3.97. The van der Waals surface area contributed by atoms with Crippen molar-refractivity contribution in [2.24, 2.45) is 0 Å². The van der Waals surface area contributed by atoms with Crippen molar-refractivity contribution in [3.63, 3.8) is 0 Å². The Bertz CT molecular complexity index is 486. The van der Waals surface area contributed by atoms with Crippen molar-refractivity contribution < 1.29 is 9.53 Å². The molecule has 0 aromatic heterocycles. The number of ether oxygens (including phenoxy) is 1. The number of hydrogen-bond donors (Lipinski definition) is 1. The number of benzene rings is 1. The summed E-state index contributed by atoms with van der Waals surface area (Å²) in [5.74, 6) is 0.737. The maximum Gasteiger partial charge on any atom is 0.260 e. The molecule has 1 aromatic rings. The normalized spacial score (nSPS) is 15.4. The van der Waals surface area contributed by atoms with Crippen LogP contribution in [0.2, 0.25) is 0 Å².